The summed E-state index contributed by atoms with van der Waals surface area (Å²) in [4.78, 5) is 29.6. The number of rotatable bonds is 15. The molecule has 8 saturated carbocycles. The van der Waals surface area contributed by atoms with Gasteiger partial charge in [0, 0.05) is 32.0 Å². The summed E-state index contributed by atoms with van der Waals surface area (Å²) < 4.78 is 66.5. The Bertz CT molecular complexity index is 2000. The van der Waals surface area contributed by atoms with E-state index in [2.05, 4.69) is 39.9 Å². The number of hydrogen-bond donors (Lipinski definition) is 6. The van der Waals surface area contributed by atoms with Gasteiger partial charge in [-0.05, 0) is 209 Å². The molecule has 0 aromatic rings. The molecular formula is C51H86N2O11S2. The van der Waals surface area contributed by atoms with Crippen molar-refractivity contribution in [2.45, 2.75) is 194 Å². The number of amides is 2. The Morgan fingerprint density at radius 1 is 0.652 bits per heavy atom. The van der Waals surface area contributed by atoms with E-state index in [0.717, 1.165) is 96.3 Å². The van der Waals surface area contributed by atoms with Crippen LogP contribution in [-0.4, -0.2) is 107 Å². The van der Waals surface area contributed by atoms with Crippen LogP contribution in [0.25, 0.3) is 0 Å². The summed E-state index contributed by atoms with van der Waals surface area (Å²) in [6.07, 6.45) is 16.6. The molecule has 66 heavy (non-hydrogen) atoms. The Hall–Kier alpha value is -1.36. The second kappa shape index (κ2) is 19.0. The van der Waals surface area contributed by atoms with Crippen molar-refractivity contribution >= 4 is 32.1 Å². The summed E-state index contributed by atoms with van der Waals surface area (Å²) in [5.74, 6) is 2.14. The third-order valence-corrected chi connectivity index (χ3v) is 23.4. The number of hydrogen-bond acceptors (Lipinski definition) is 9. The minimum Gasteiger partial charge on any atom is -0.393 e. The van der Waals surface area contributed by atoms with Gasteiger partial charge in [0.05, 0.1) is 29.8 Å². The van der Waals surface area contributed by atoms with Gasteiger partial charge in [0.25, 0.3) is 20.2 Å². The second-order valence-corrected chi connectivity index (χ2v) is 28.1. The molecule has 0 spiro atoms. The van der Waals surface area contributed by atoms with Crippen LogP contribution in [0.5, 0.6) is 0 Å². The zero-order chi connectivity index (χ0) is 47.8. The lowest BCUT2D eigenvalue weighted by Gasteiger charge is -2.64. The fourth-order valence-corrected chi connectivity index (χ4v) is 19.4. The molecule has 0 radical (unpaired) electrons. The lowest BCUT2D eigenvalue weighted by atomic mass is 9.43. The maximum Gasteiger partial charge on any atom is 0.266 e. The van der Waals surface area contributed by atoms with Crippen molar-refractivity contribution in [3.63, 3.8) is 0 Å². The fraction of sp³-hybridized carbons (Fsp3) is 0.961. The summed E-state index contributed by atoms with van der Waals surface area (Å²) in [7, 11) is -8.53. The predicted molar refractivity (Wildman–Crippen MR) is 253 cm³/mol. The zero-order valence-electron chi connectivity index (χ0n) is 40.8. The molecule has 0 aromatic heterocycles. The highest BCUT2D eigenvalue weighted by Gasteiger charge is 2.65. The van der Waals surface area contributed by atoms with Crippen LogP contribution >= 0.6 is 0 Å². The Balaban J connectivity index is 0.990. The molecule has 8 aliphatic rings. The first-order valence-corrected chi connectivity index (χ1v) is 29.6. The molecule has 19 atom stereocenters. The largest absolute Gasteiger partial charge is 0.393 e. The van der Waals surface area contributed by atoms with Crippen LogP contribution in [0, 0.1) is 86.8 Å². The molecule has 13 nitrogen and oxygen atoms in total. The molecule has 8 fully saturated rings. The predicted octanol–water partition coefficient (Wildman–Crippen LogP) is 7.28. The Labute approximate surface area is 396 Å². The molecule has 4 unspecified atom stereocenters. The van der Waals surface area contributed by atoms with E-state index in [1.807, 2.05) is 4.90 Å². The van der Waals surface area contributed by atoms with E-state index in [-0.39, 0.29) is 101 Å². The van der Waals surface area contributed by atoms with Gasteiger partial charge in [0.1, 0.15) is 0 Å². The molecule has 6 N–H and O–H groups in total. The summed E-state index contributed by atoms with van der Waals surface area (Å²) >= 11 is 0. The second-order valence-electron chi connectivity index (χ2n) is 24.9. The molecule has 378 valence electrons. The van der Waals surface area contributed by atoms with E-state index in [1.165, 1.54) is 0 Å². The van der Waals surface area contributed by atoms with Crippen molar-refractivity contribution in [1.82, 2.24) is 10.2 Å². The molecule has 8 aliphatic carbocycles. The van der Waals surface area contributed by atoms with Crippen LogP contribution < -0.4 is 5.32 Å². The van der Waals surface area contributed by atoms with Crippen LogP contribution in [0.2, 0.25) is 0 Å². The highest BCUT2D eigenvalue weighted by atomic mass is 32.2. The smallest absolute Gasteiger partial charge is 0.266 e. The van der Waals surface area contributed by atoms with Gasteiger partial charge in [0.2, 0.25) is 11.8 Å². The molecule has 0 saturated heterocycles. The topological polar surface area (TPSA) is 219 Å². The molecule has 0 bridgehead atoms. The summed E-state index contributed by atoms with van der Waals surface area (Å²) in [5, 5.41) is 36.1. The summed E-state index contributed by atoms with van der Waals surface area (Å²) in [6.45, 7) is 11.8. The van der Waals surface area contributed by atoms with E-state index < -0.39 is 37.8 Å². The number of carbonyl (C=O) groups is 2. The minimum atomic E-state index is -4.37. The maximum absolute atomic E-state index is 15.1. The van der Waals surface area contributed by atoms with E-state index in [9.17, 15) is 41.5 Å². The normalized spacial score (nSPS) is 45.8. The third-order valence-electron chi connectivity index (χ3n) is 22.0. The molecule has 0 heterocycles. The SMILES string of the molecule is C[C@@H](CCC(=O)N(CCS(=O)(=O)O)[C@H]1CC2C[C@H](O)CC[C@]2(C)[C@H]2CC[C@@]3(C)C(CC[C@@H]3CCCC(=O)NCCS(=O)(=O)O)[C@H]12)[C@H]1CCC2[C@@H]3[C@@H](O)CC4C[C@H](O)CC[C@]4(C)[C@H]3CC[C@@]21C. The van der Waals surface area contributed by atoms with Crippen LogP contribution in [0.4, 0.5) is 0 Å². The molecular weight excluding hydrogens is 881 g/mol. The first-order chi connectivity index (χ1) is 30.9. The van der Waals surface area contributed by atoms with E-state index in [4.69, 9.17) is 4.55 Å². The van der Waals surface area contributed by atoms with Gasteiger partial charge in [-0.25, -0.2) is 0 Å². The zero-order valence-corrected chi connectivity index (χ0v) is 42.4. The van der Waals surface area contributed by atoms with Crippen molar-refractivity contribution in [3.8, 4) is 0 Å². The van der Waals surface area contributed by atoms with Crippen molar-refractivity contribution in [2.75, 3.05) is 24.6 Å². The highest BCUT2D eigenvalue weighted by molar-refractivity contribution is 7.86. The number of nitrogens with zero attached hydrogens (tertiary/aromatic N) is 1. The Morgan fingerprint density at radius 2 is 1.20 bits per heavy atom. The average Bonchev–Trinajstić information content (AvgIpc) is 3.76. The highest BCUT2D eigenvalue weighted by Crippen LogP contribution is 2.70. The molecule has 15 heteroatoms. The fourth-order valence-electron chi connectivity index (χ4n) is 18.6. The van der Waals surface area contributed by atoms with Gasteiger partial charge in [-0.3, -0.25) is 18.7 Å². The number of carbonyl (C=O) groups excluding carboxylic acids is 2. The molecule has 8 rings (SSSR count). The molecule has 2 amide bonds. The van der Waals surface area contributed by atoms with Gasteiger partial charge in [-0.2, -0.15) is 16.8 Å². The van der Waals surface area contributed by atoms with Gasteiger partial charge < -0.3 is 25.5 Å². The quantitative estimate of drug-likeness (QED) is 0.0896. The van der Waals surface area contributed by atoms with Gasteiger partial charge >= 0.3 is 0 Å². The minimum absolute atomic E-state index is 0.0117. The third kappa shape index (κ3) is 9.70. The van der Waals surface area contributed by atoms with Gasteiger partial charge in [-0.1, -0.05) is 34.6 Å². The number of aliphatic hydroxyl groups is 3. The van der Waals surface area contributed by atoms with Gasteiger partial charge in [0.15, 0.2) is 0 Å². The van der Waals surface area contributed by atoms with Crippen LogP contribution in [-0.2, 0) is 29.8 Å². The number of fused-ring (bicyclic) bond motifs is 10. The average molecular weight is 967 g/mol. The van der Waals surface area contributed by atoms with E-state index in [0.29, 0.717) is 67.6 Å². The Morgan fingerprint density at radius 3 is 1.83 bits per heavy atom. The van der Waals surface area contributed by atoms with Gasteiger partial charge in [-0.15, -0.1) is 0 Å². The summed E-state index contributed by atoms with van der Waals surface area (Å²) in [5.41, 5.74) is 0.166. The molecule has 0 aromatic carbocycles. The van der Waals surface area contributed by atoms with Crippen molar-refractivity contribution < 1.29 is 50.8 Å². The van der Waals surface area contributed by atoms with Crippen molar-refractivity contribution in [1.29, 1.82) is 0 Å². The lowest BCUT2D eigenvalue weighted by Crippen LogP contribution is -2.63. The molecule has 0 aliphatic heterocycles. The number of aliphatic hydroxyl groups excluding tert-OH is 3. The summed E-state index contributed by atoms with van der Waals surface area (Å²) in [6, 6.07) is -0.220. The van der Waals surface area contributed by atoms with Crippen LogP contribution in [0.3, 0.4) is 0 Å². The standard InChI is InChI=1S/C51H86N2O11S2/c1-31(37-12-13-39-47-41(18-22-51(37,39)5)50(4)20-16-36(55)28-34(50)30-43(47)56)9-14-45(58)53(24-26-66(62,63)64)42-29-33-27-35(54)15-19-49(33,3)40-17-21-48(2)32(10-11-38(48)46(40)42)7-6-8-44(57)52-23-25-65(59,60)61/h31-43,46-47,54-56H,6-30H2,1-5H3,(H,52,57)(H,59,60,61)(H,62,63,64)/t31-,32-,33?,34?,35+,36+,37+,38?,39?,40-,41-,42-,43-,46-,47-,48+,49-,50-,51+/m0/s1. The lowest BCUT2D eigenvalue weighted by molar-refractivity contribution is -0.174. The van der Waals surface area contributed by atoms with E-state index in [1.54, 1.807) is 0 Å². The van der Waals surface area contributed by atoms with Crippen LogP contribution in [0.1, 0.15) is 169 Å². The monoisotopic (exact) mass is 967 g/mol. The van der Waals surface area contributed by atoms with Crippen molar-refractivity contribution in [3.05, 3.63) is 0 Å². The number of nitrogens with one attached hydrogen (secondary N) is 1. The van der Waals surface area contributed by atoms with Crippen molar-refractivity contribution in [2.24, 2.45) is 86.8 Å². The first kappa shape index (κ1) is 51.0. The first-order valence-electron chi connectivity index (χ1n) is 26.4. The van der Waals surface area contributed by atoms with E-state index >= 15 is 4.79 Å². The Kier molecular flexibility index (Phi) is 14.7. The maximum atomic E-state index is 15.1. The van der Waals surface area contributed by atoms with Crippen LogP contribution in [0.15, 0.2) is 0 Å².